The minimum atomic E-state index is -3.66. The Balaban J connectivity index is 1.42. The summed E-state index contributed by atoms with van der Waals surface area (Å²) in [6.45, 7) is 3.29. The number of aromatic nitrogens is 3. The molecule has 1 aromatic carbocycles. The molecule has 2 aliphatic heterocycles. The largest absolute Gasteiger partial charge is 0.381 e. The lowest BCUT2D eigenvalue weighted by Crippen LogP contribution is -2.48. The summed E-state index contributed by atoms with van der Waals surface area (Å²) < 4.78 is 33.4. The first-order valence-electron chi connectivity index (χ1n) is 12.1. The molecule has 3 aliphatic rings. The molecule has 0 unspecified atom stereocenters. The molecule has 37 heavy (non-hydrogen) atoms. The molecular formula is C24H27N7O5S. The number of carbonyl (C=O) groups excluding carboxylic acids is 2. The van der Waals surface area contributed by atoms with Crippen LogP contribution in [0, 0.1) is 5.92 Å². The van der Waals surface area contributed by atoms with Crippen LogP contribution in [-0.2, 0) is 21.3 Å². The molecule has 4 N–H and O–H groups in total. The molecule has 6 rings (SSSR count). The molecule has 12 nitrogen and oxygen atoms in total. The average molecular weight is 526 g/mol. The van der Waals surface area contributed by atoms with Gasteiger partial charge < -0.3 is 20.7 Å². The molecule has 13 heteroatoms. The van der Waals surface area contributed by atoms with Gasteiger partial charge in [0.15, 0.2) is 11.5 Å². The summed E-state index contributed by atoms with van der Waals surface area (Å²) in [6.07, 6.45) is 4.86. The molecule has 3 aromatic rings. The summed E-state index contributed by atoms with van der Waals surface area (Å²) in [5.41, 5.74) is 8.85. The predicted octanol–water partition coefficient (Wildman–Crippen LogP) is 1.23. The van der Waals surface area contributed by atoms with Crippen molar-refractivity contribution in [1.82, 2.24) is 24.8 Å². The Morgan fingerprint density at radius 3 is 2.68 bits per heavy atom. The van der Waals surface area contributed by atoms with Crippen molar-refractivity contribution in [2.75, 3.05) is 29.9 Å². The number of ether oxygens (including phenoxy) is 1. The molecule has 2 amide bonds. The van der Waals surface area contributed by atoms with Crippen LogP contribution >= 0.6 is 0 Å². The van der Waals surface area contributed by atoms with Gasteiger partial charge in [-0.25, -0.2) is 17.9 Å². The molecule has 1 saturated heterocycles. The highest BCUT2D eigenvalue weighted by Crippen LogP contribution is 2.41. The first kappa shape index (κ1) is 23.7. The fourth-order valence-corrected chi connectivity index (χ4v) is 5.53. The van der Waals surface area contributed by atoms with Gasteiger partial charge in [0.25, 0.3) is 11.8 Å². The molecule has 1 atom stereocenters. The third-order valence-electron chi connectivity index (χ3n) is 7.13. The van der Waals surface area contributed by atoms with Crippen molar-refractivity contribution in [3.63, 3.8) is 0 Å². The van der Waals surface area contributed by atoms with E-state index in [1.165, 1.54) is 4.52 Å². The number of hydrogen-bond acceptors (Lipinski definition) is 8. The Hall–Kier alpha value is -3.71. The second kappa shape index (κ2) is 8.42. The lowest BCUT2D eigenvalue weighted by atomic mass is 10.0. The topological polar surface area (TPSA) is 161 Å². The predicted molar refractivity (Wildman–Crippen MR) is 135 cm³/mol. The molecular weight excluding hydrogens is 498 g/mol. The molecule has 1 saturated carbocycles. The number of carbonyl (C=O) groups is 2. The maximum absolute atomic E-state index is 13.3. The summed E-state index contributed by atoms with van der Waals surface area (Å²) in [7, 11) is -3.66. The normalized spacial score (nSPS) is 18.5. The summed E-state index contributed by atoms with van der Waals surface area (Å²) in [6, 6.07) is 5.14. The number of nitrogens with zero attached hydrogens (tertiary/aromatic N) is 4. The minimum absolute atomic E-state index is 0.0473. The summed E-state index contributed by atoms with van der Waals surface area (Å²) in [5.74, 6) is -0.0604. The Morgan fingerprint density at radius 2 is 2.03 bits per heavy atom. The molecule has 2 aromatic heterocycles. The van der Waals surface area contributed by atoms with E-state index in [0.717, 1.165) is 24.7 Å². The van der Waals surface area contributed by atoms with E-state index >= 15 is 0 Å². The fraction of sp³-hybridized carbons (Fsp3) is 0.417. The van der Waals surface area contributed by atoms with Crippen molar-refractivity contribution < 1.29 is 22.7 Å². The van der Waals surface area contributed by atoms with Crippen molar-refractivity contribution in [3.8, 4) is 11.3 Å². The Morgan fingerprint density at radius 1 is 1.27 bits per heavy atom. The quantitative estimate of drug-likeness (QED) is 0.415. The van der Waals surface area contributed by atoms with Gasteiger partial charge >= 0.3 is 0 Å². The van der Waals surface area contributed by atoms with E-state index in [4.69, 9.17) is 10.5 Å². The SMILES string of the molecule is C[C@@H](C1CC1)N1Cc2cc(-c3ccn4nc(N)c(C(=O)NC5COC5)c4n3)cc(NS(C)(=O)=O)c2C1=O. The Bertz CT molecular complexity index is 1560. The van der Waals surface area contributed by atoms with E-state index in [-0.39, 0.29) is 40.7 Å². The van der Waals surface area contributed by atoms with E-state index in [2.05, 4.69) is 20.1 Å². The van der Waals surface area contributed by atoms with Gasteiger partial charge in [-0.2, -0.15) is 0 Å². The second-order valence-electron chi connectivity index (χ2n) is 9.99. The van der Waals surface area contributed by atoms with Gasteiger partial charge in [-0.3, -0.25) is 14.3 Å². The summed E-state index contributed by atoms with van der Waals surface area (Å²) in [5, 5.41) is 7.06. The van der Waals surface area contributed by atoms with Gasteiger partial charge in [-0.15, -0.1) is 5.10 Å². The van der Waals surface area contributed by atoms with E-state index in [1.54, 1.807) is 23.2 Å². The molecule has 4 heterocycles. The highest BCUT2D eigenvalue weighted by atomic mass is 32.2. The number of benzene rings is 1. The van der Waals surface area contributed by atoms with Crippen LogP contribution in [-0.4, -0.2) is 71.3 Å². The van der Waals surface area contributed by atoms with Crippen LogP contribution in [0.15, 0.2) is 24.4 Å². The number of anilines is 2. The number of fused-ring (bicyclic) bond motifs is 2. The van der Waals surface area contributed by atoms with E-state index < -0.39 is 15.9 Å². The van der Waals surface area contributed by atoms with Crippen molar-refractivity contribution in [2.45, 2.75) is 38.4 Å². The van der Waals surface area contributed by atoms with Gasteiger partial charge in [0.05, 0.1) is 42.5 Å². The highest BCUT2D eigenvalue weighted by molar-refractivity contribution is 7.92. The summed E-state index contributed by atoms with van der Waals surface area (Å²) in [4.78, 5) is 32.7. The van der Waals surface area contributed by atoms with Crippen LogP contribution in [0.3, 0.4) is 0 Å². The monoisotopic (exact) mass is 525 g/mol. The van der Waals surface area contributed by atoms with Crippen molar-refractivity contribution >= 4 is 39.0 Å². The maximum atomic E-state index is 13.3. The fourth-order valence-electron chi connectivity index (χ4n) is 4.97. The zero-order valence-corrected chi connectivity index (χ0v) is 21.2. The molecule has 0 radical (unpaired) electrons. The lowest BCUT2D eigenvalue weighted by Gasteiger charge is -2.26. The molecule has 194 valence electrons. The first-order valence-corrected chi connectivity index (χ1v) is 14.0. The van der Waals surface area contributed by atoms with Crippen LogP contribution in [0.25, 0.3) is 16.9 Å². The lowest BCUT2D eigenvalue weighted by molar-refractivity contribution is -0.00342. The molecule has 2 fully saturated rings. The van der Waals surface area contributed by atoms with Crippen LogP contribution in [0.4, 0.5) is 11.5 Å². The molecule has 0 bridgehead atoms. The first-order chi connectivity index (χ1) is 17.6. The van der Waals surface area contributed by atoms with Crippen LogP contribution in [0.5, 0.6) is 0 Å². The van der Waals surface area contributed by atoms with Crippen LogP contribution < -0.4 is 15.8 Å². The van der Waals surface area contributed by atoms with Gasteiger partial charge in [-0.05, 0) is 49.4 Å². The van der Waals surface area contributed by atoms with Gasteiger partial charge in [0.2, 0.25) is 10.0 Å². The summed E-state index contributed by atoms with van der Waals surface area (Å²) >= 11 is 0. The zero-order chi connectivity index (χ0) is 26.1. The maximum Gasteiger partial charge on any atom is 0.259 e. The smallest absolute Gasteiger partial charge is 0.259 e. The number of sulfonamides is 1. The van der Waals surface area contributed by atoms with Gasteiger partial charge in [0, 0.05) is 24.3 Å². The van der Waals surface area contributed by atoms with Crippen molar-refractivity contribution in [2.24, 2.45) is 5.92 Å². The number of rotatable bonds is 7. The zero-order valence-electron chi connectivity index (χ0n) is 20.4. The Labute approximate surface area is 213 Å². The second-order valence-corrected chi connectivity index (χ2v) is 11.7. The minimum Gasteiger partial charge on any atom is -0.381 e. The van der Waals surface area contributed by atoms with Crippen LogP contribution in [0.1, 0.15) is 46.0 Å². The third kappa shape index (κ3) is 4.27. The van der Waals surface area contributed by atoms with E-state index in [9.17, 15) is 18.0 Å². The van der Waals surface area contributed by atoms with Crippen molar-refractivity contribution in [3.05, 3.63) is 41.1 Å². The number of nitrogens with two attached hydrogens (primary N) is 1. The van der Waals surface area contributed by atoms with Crippen molar-refractivity contribution in [1.29, 1.82) is 0 Å². The van der Waals surface area contributed by atoms with E-state index in [0.29, 0.717) is 42.5 Å². The van der Waals surface area contributed by atoms with Crippen LogP contribution in [0.2, 0.25) is 0 Å². The molecule has 0 spiro atoms. The Kier molecular flexibility index (Phi) is 5.38. The standard InChI is InChI=1S/C24H27N7O5S/c1-12(13-3-4-13)30-9-15-7-14(8-18(19(15)24(30)33)29-37(2,34)35)17-5-6-31-22(27-17)20(21(25)28-31)23(32)26-16-10-36-11-16/h5-8,12-13,16,29H,3-4,9-11H2,1-2H3,(H2,25,28)(H,26,32)/t12-/m0/s1. The number of amides is 2. The number of nitrogens with one attached hydrogen (secondary N) is 2. The molecule has 1 aliphatic carbocycles. The van der Waals surface area contributed by atoms with Gasteiger partial charge in [-0.1, -0.05) is 0 Å². The third-order valence-corrected chi connectivity index (χ3v) is 7.73. The number of hydrogen-bond donors (Lipinski definition) is 3. The highest BCUT2D eigenvalue weighted by Gasteiger charge is 2.40. The van der Waals surface area contributed by atoms with Gasteiger partial charge in [0.1, 0.15) is 5.56 Å². The average Bonchev–Trinajstić information content (AvgIpc) is 3.52. The van der Waals surface area contributed by atoms with E-state index in [1.807, 2.05) is 13.0 Å². The number of nitrogen functional groups attached to an aromatic ring is 1.